The Morgan fingerprint density at radius 2 is 1.93 bits per heavy atom. The van der Waals surface area contributed by atoms with E-state index in [0.717, 1.165) is 16.8 Å². The van der Waals surface area contributed by atoms with Crippen LogP contribution >= 0.6 is 22.7 Å². The van der Waals surface area contributed by atoms with Gasteiger partial charge in [-0.25, -0.2) is 13.1 Å². The lowest BCUT2D eigenvalue weighted by Crippen LogP contribution is -2.41. The molecule has 5 rings (SSSR count). The highest BCUT2D eigenvalue weighted by molar-refractivity contribution is 7.89. The van der Waals surface area contributed by atoms with Gasteiger partial charge in [-0.05, 0) is 64.4 Å². The summed E-state index contributed by atoms with van der Waals surface area (Å²) in [6.45, 7) is 0.442. The quantitative estimate of drug-likeness (QED) is 0.592. The first kappa shape index (κ1) is 19.9. The molecular formula is C21H20N2O4S3. The topological polar surface area (TPSA) is 86.7 Å². The SMILES string of the molecule is O=C1CCc2cc(S(=O)(=O)NCC(O)(c3ccsc3)c3cccs3)cc3c2N1CC3. The third-order valence-corrected chi connectivity index (χ3v) is 8.87. The molecule has 0 saturated heterocycles. The Labute approximate surface area is 182 Å². The van der Waals surface area contributed by atoms with Gasteiger partial charge in [0, 0.05) is 30.0 Å². The van der Waals surface area contributed by atoms with Gasteiger partial charge in [0.1, 0.15) is 5.60 Å². The molecule has 6 nitrogen and oxygen atoms in total. The molecule has 0 bridgehead atoms. The predicted octanol–water partition coefficient (Wildman–Crippen LogP) is 2.86. The molecule has 0 saturated carbocycles. The molecule has 0 aliphatic carbocycles. The van der Waals surface area contributed by atoms with Crippen molar-refractivity contribution in [2.24, 2.45) is 0 Å². The maximum Gasteiger partial charge on any atom is 0.240 e. The maximum absolute atomic E-state index is 13.2. The van der Waals surface area contributed by atoms with Crippen LogP contribution in [-0.2, 0) is 33.3 Å². The molecule has 9 heteroatoms. The van der Waals surface area contributed by atoms with Gasteiger partial charge in [0.05, 0.1) is 10.6 Å². The van der Waals surface area contributed by atoms with Crippen molar-refractivity contribution in [2.45, 2.75) is 29.8 Å². The number of carbonyl (C=O) groups excluding carboxylic acids is 1. The Morgan fingerprint density at radius 1 is 1.13 bits per heavy atom. The summed E-state index contributed by atoms with van der Waals surface area (Å²) >= 11 is 2.84. The molecular weight excluding hydrogens is 440 g/mol. The van der Waals surface area contributed by atoms with E-state index in [1.165, 1.54) is 22.7 Å². The number of aryl methyl sites for hydroxylation is 1. The average molecular weight is 461 g/mol. The highest BCUT2D eigenvalue weighted by atomic mass is 32.2. The largest absolute Gasteiger partial charge is 0.378 e. The van der Waals surface area contributed by atoms with Crippen LogP contribution in [0.4, 0.5) is 5.69 Å². The molecule has 2 aliphatic heterocycles. The van der Waals surface area contributed by atoms with E-state index in [4.69, 9.17) is 0 Å². The number of anilines is 1. The summed E-state index contributed by atoms with van der Waals surface area (Å²) in [6, 6.07) is 8.78. The van der Waals surface area contributed by atoms with E-state index in [1.54, 1.807) is 17.0 Å². The first-order chi connectivity index (χ1) is 14.4. The van der Waals surface area contributed by atoms with Gasteiger partial charge in [-0.1, -0.05) is 6.07 Å². The number of amides is 1. The fourth-order valence-corrected chi connectivity index (χ4v) is 6.94. The normalized spacial score (nSPS) is 17.8. The van der Waals surface area contributed by atoms with Crippen molar-refractivity contribution in [1.82, 2.24) is 4.72 Å². The highest BCUT2D eigenvalue weighted by Crippen LogP contribution is 2.39. The minimum atomic E-state index is -3.84. The minimum Gasteiger partial charge on any atom is -0.378 e. The Bertz CT molecular complexity index is 1170. The Morgan fingerprint density at radius 3 is 2.63 bits per heavy atom. The van der Waals surface area contributed by atoms with Crippen LogP contribution in [0.2, 0.25) is 0 Å². The van der Waals surface area contributed by atoms with Crippen LogP contribution < -0.4 is 9.62 Å². The third kappa shape index (κ3) is 3.21. The molecule has 3 aromatic rings. The van der Waals surface area contributed by atoms with E-state index in [0.29, 0.717) is 36.2 Å². The summed E-state index contributed by atoms with van der Waals surface area (Å²) in [5, 5.41) is 17.0. The molecule has 1 unspecified atom stereocenters. The fraction of sp³-hybridized carbons (Fsp3) is 0.286. The summed E-state index contributed by atoms with van der Waals surface area (Å²) in [5.74, 6) is 0.103. The second kappa shape index (κ2) is 7.28. The van der Waals surface area contributed by atoms with Crippen LogP contribution in [0, 0.1) is 0 Å². The van der Waals surface area contributed by atoms with Crippen molar-refractivity contribution in [2.75, 3.05) is 18.0 Å². The lowest BCUT2D eigenvalue weighted by Gasteiger charge is -2.27. The van der Waals surface area contributed by atoms with Crippen LogP contribution in [-0.4, -0.2) is 32.5 Å². The number of benzene rings is 1. The number of sulfonamides is 1. The standard InChI is InChI=1S/C21H20N2O4S3/c24-19-4-3-14-10-17(11-15-5-7-23(19)20(14)15)30(26,27)22-13-21(25,16-6-9-28-12-16)18-2-1-8-29-18/h1-2,6,8-12,22,25H,3-5,7,13H2. The summed E-state index contributed by atoms with van der Waals surface area (Å²) in [4.78, 5) is 14.7. The summed E-state index contributed by atoms with van der Waals surface area (Å²) < 4.78 is 28.9. The van der Waals surface area contributed by atoms with Gasteiger partial charge in [0.15, 0.2) is 0 Å². The monoisotopic (exact) mass is 460 g/mol. The van der Waals surface area contributed by atoms with Crippen molar-refractivity contribution >= 4 is 44.3 Å². The van der Waals surface area contributed by atoms with Gasteiger partial charge in [-0.2, -0.15) is 11.3 Å². The van der Waals surface area contributed by atoms with Gasteiger partial charge in [-0.3, -0.25) is 4.79 Å². The number of aliphatic hydroxyl groups is 1. The van der Waals surface area contributed by atoms with Gasteiger partial charge in [0.2, 0.25) is 15.9 Å². The van der Waals surface area contributed by atoms with Crippen molar-refractivity contribution in [3.8, 4) is 0 Å². The number of carbonyl (C=O) groups is 1. The molecule has 0 radical (unpaired) electrons. The molecule has 1 atom stereocenters. The van der Waals surface area contributed by atoms with Crippen LogP contribution in [0.1, 0.15) is 28.0 Å². The van der Waals surface area contributed by atoms with Crippen molar-refractivity contribution in [3.63, 3.8) is 0 Å². The van der Waals surface area contributed by atoms with Crippen molar-refractivity contribution in [3.05, 3.63) is 68.0 Å². The Hall–Kier alpha value is -2.04. The third-order valence-electron chi connectivity index (χ3n) is 5.78. The molecule has 30 heavy (non-hydrogen) atoms. The lowest BCUT2D eigenvalue weighted by atomic mass is 9.95. The Balaban J connectivity index is 1.46. The zero-order valence-electron chi connectivity index (χ0n) is 16.0. The number of nitrogens with zero attached hydrogens (tertiary/aromatic N) is 1. The van der Waals surface area contributed by atoms with Crippen molar-refractivity contribution < 1.29 is 18.3 Å². The number of rotatable bonds is 6. The number of nitrogens with one attached hydrogen (secondary N) is 1. The molecule has 2 aliphatic rings. The first-order valence-electron chi connectivity index (χ1n) is 9.63. The van der Waals surface area contributed by atoms with Crippen LogP contribution in [0.25, 0.3) is 0 Å². The second-order valence-electron chi connectivity index (χ2n) is 7.56. The first-order valence-corrected chi connectivity index (χ1v) is 12.9. The van der Waals surface area contributed by atoms with E-state index >= 15 is 0 Å². The van der Waals surface area contributed by atoms with E-state index in [1.807, 2.05) is 34.3 Å². The molecule has 2 N–H and O–H groups in total. The van der Waals surface area contributed by atoms with E-state index < -0.39 is 15.6 Å². The minimum absolute atomic E-state index is 0.103. The van der Waals surface area contributed by atoms with Crippen LogP contribution in [0.15, 0.2) is 51.4 Å². The maximum atomic E-state index is 13.2. The number of hydrogen-bond acceptors (Lipinski definition) is 6. The highest BCUT2D eigenvalue weighted by Gasteiger charge is 2.36. The predicted molar refractivity (Wildman–Crippen MR) is 118 cm³/mol. The molecule has 4 heterocycles. The van der Waals surface area contributed by atoms with E-state index in [9.17, 15) is 18.3 Å². The molecule has 1 amide bonds. The second-order valence-corrected chi connectivity index (χ2v) is 11.1. The zero-order valence-corrected chi connectivity index (χ0v) is 18.4. The number of hydrogen-bond donors (Lipinski definition) is 2. The zero-order chi connectivity index (χ0) is 20.9. The fourth-order valence-electron chi connectivity index (χ4n) is 4.21. The van der Waals surface area contributed by atoms with Crippen LogP contribution in [0.3, 0.4) is 0 Å². The molecule has 156 valence electrons. The summed E-state index contributed by atoms with van der Waals surface area (Å²) in [6.07, 6.45) is 1.61. The lowest BCUT2D eigenvalue weighted by molar-refractivity contribution is -0.118. The average Bonchev–Trinajstić information content (AvgIpc) is 3.50. The van der Waals surface area contributed by atoms with Gasteiger partial charge >= 0.3 is 0 Å². The van der Waals surface area contributed by atoms with Gasteiger partial charge in [-0.15, -0.1) is 11.3 Å². The van der Waals surface area contributed by atoms with Crippen molar-refractivity contribution in [1.29, 1.82) is 0 Å². The Kier molecular flexibility index (Phi) is 4.83. The van der Waals surface area contributed by atoms with Gasteiger partial charge in [0.25, 0.3) is 0 Å². The molecule has 0 fully saturated rings. The molecule has 1 aromatic carbocycles. The van der Waals surface area contributed by atoms with E-state index in [-0.39, 0.29) is 17.3 Å². The molecule has 2 aromatic heterocycles. The smallest absolute Gasteiger partial charge is 0.240 e. The van der Waals surface area contributed by atoms with Gasteiger partial charge < -0.3 is 10.0 Å². The summed E-state index contributed by atoms with van der Waals surface area (Å²) in [7, 11) is -3.84. The number of thiophene rings is 2. The van der Waals surface area contributed by atoms with E-state index in [2.05, 4.69) is 4.72 Å². The molecule has 0 spiro atoms. The van der Waals surface area contributed by atoms with Crippen LogP contribution in [0.5, 0.6) is 0 Å². The summed E-state index contributed by atoms with van der Waals surface area (Å²) in [5.41, 5.74) is 1.91.